The van der Waals surface area contributed by atoms with E-state index in [1.54, 1.807) is 0 Å². The molecular formula is C16H26N2O. The molecule has 0 saturated heterocycles. The van der Waals surface area contributed by atoms with Crippen LogP contribution < -0.4 is 5.73 Å². The summed E-state index contributed by atoms with van der Waals surface area (Å²) in [7, 11) is 1.90. The maximum Gasteiger partial charge on any atom is 0.232 e. The van der Waals surface area contributed by atoms with Gasteiger partial charge in [0.15, 0.2) is 0 Å². The summed E-state index contributed by atoms with van der Waals surface area (Å²) >= 11 is 0. The predicted octanol–water partition coefficient (Wildman–Crippen LogP) is 3.19. The third-order valence-electron chi connectivity index (χ3n) is 3.98. The Hall–Kier alpha value is -1.51. The Morgan fingerprint density at radius 2 is 1.68 bits per heavy atom. The molecule has 1 rings (SSSR count). The Bertz CT molecular complexity index is 419. The van der Waals surface area contributed by atoms with Crippen LogP contribution in [0.2, 0.25) is 0 Å². The molecule has 0 spiro atoms. The Balaban J connectivity index is 2.99. The van der Waals surface area contributed by atoms with Gasteiger partial charge in [0.1, 0.15) is 0 Å². The van der Waals surface area contributed by atoms with Crippen molar-refractivity contribution in [1.29, 1.82) is 0 Å². The molecule has 0 unspecified atom stereocenters. The highest BCUT2D eigenvalue weighted by molar-refractivity contribution is 5.87. The van der Waals surface area contributed by atoms with Crippen LogP contribution >= 0.6 is 0 Å². The number of carbonyl (C=O) groups is 1. The highest BCUT2D eigenvalue weighted by Crippen LogP contribution is 2.27. The van der Waals surface area contributed by atoms with E-state index < -0.39 is 5.41 Å². The highest BCUT2D eigenvalue weighted by atomic mass is 16.2. The van der Waals surface area contributed by atoms with Gasteiger partial charge in [0, 0.05) is 18.8 Å². The molecular weight excluding hydrogens is 236 g/mol. The quantitative estimate of drug-likeness (QED) is 0.828. The van der Waals surface area contributed by atoms with Crippen LogP contribution in [0.15, 0.2) is 24.3 Å². The summed E-state index contributed by atoms with van der Waals surface area (Å²) in [4.78, 5) is 14.6. The second-order valence-corrected chi connectivity index (χ2v) is 5.63. The van der Waals surface area contributed by atoms with Crippen LogP contribution in [0.25, 0.3) is 0 Å². The molecule has 0 radical (unpaired) electrons. The predicted molar refractivity (Wildman–Crippen MR) is 81.0 cm³/mol. The molecule has 0 aromatic heterocycles. The molecule has 19 heavy (non-hydrogen) atoms. The zero-order chi connectivity index (χ0) is 14.6. The number of amides is 1. The summed E-state index contributed by atoms with van der Waals surface area (Å²) in [5.41, 5.74) is 6.91. The molecule has 106 valence electrons. The molecule has 1 aromatic rings. The Kier molecular flexibility index (Phi) is 4.98. The van der Waals surface area contributed by atoms with E-state index in [2.05, 4.69) is 13.8 Å². The molecule has 2 N–H and O–H groups in total. The summed E-state index contributed by atoms with van der Waals surface area (Å²) in [5, 5.41) is 0. The number of hydrogen-bond donors (Lipinski definition) is 1. The van der Waals surface area contributed by atoms with Gasteiger partial charge in [-0.25, -0.2) is 0 Å². The summed E-state index contributed by atoms with van der Waals surface area (Å²) in [6.07, 6.45) is 1.97. The van der Waals surface area contributed by atoms with Crippen LogP contribution in [-0.2, 0) is 10.2 Å². The van der Waals surface area contributed by atoms with Crippen molar-refractivity contribution in [2.75, 3.05) is 12.8 Å². The number of nitrogens with zero attached hydrogens (tertiary/aromatic N) is 1. The first-order valence-corrected chi connectivity index (χ1v) is 6.97. The Morgan fingerprint density at radius 1 is 1.21 bits per heavy atom. The number of nitrogen functional groups attached to an aromatic ring is 1. The largest absolute Gasteiger partial charge is 0.399 e. The van der Waals surface area contributed by atoms with Crippen molar-refractivity contribution in [1.82, 2.24) is 4.90 Å². The lowest BCUT2D eigenvalue weighted by Crippen LogP contribution is -2.46. The third kappa shape index (κ3) is 3.28. The van der Waals surface area contributed by atoms with Gasteiger partial charge in [-0.2, -0.15) is 0 Å². The van der Waals surface area contributed by atoms with Gasteiger partial charge in [-0.1, -0.05) is 26.0 Å². The molecule has 1 amide bonds. The van der Waals surface area contributed by atoms with E-state index in [-0.39, 0.29) is 5.91 Å². The average molecular weight is 262 g/mol. The Labute approximate surface area is 116 Å². The smallest absolute Gasteiger partial charge is 0.232 e. The van der Waals surface area contributed by atoms with Crippen LogP contribution in [0, 0.1) is 0 Å². The van der Waals surface area contributed by atoms with Gasteiger partial charge in [0.25, 0.3) is 0 Å². The van der Waals surface area contributed by atoms with Crippen LogP contribution in [0.4, 0.5) is 5.69 Å². The second kappa shape index (κ2) is 6.09. The van der Waals surface area contributed by atoms with E-state index in [0.29, 0.717) is 6.04 Å². The van der Waals surface area contributed by atoms with Gasteiger partial charge >= 0.3 is 0 Å². The van der Waals surface area contributed by atoms with E-state index in [1.807, 2.05) is 50.1 Å². The number of anilines is 1. The van der Waals surface area contributed by atoms with Gasteiger partial charge in [-0.3, -0.25) is 4.79 Å². The van der Waals surface area contributed by atoms with Crippen molar-refractivity contribution in [3.05, 3.63) is 29.8 Å². The zero-order valence-corrected chi connectivity index (χ0v) is 12.7. The molecule has 0 atom stereocenters. The molecule has 0 fully saturated rings. The molecule has 0 heterocycles. The van der Waals surface area contributed by atoms with Crippen LogP contribution in [-0.4, -0.2) is 23.9 Å². The first kappa shape index (κ1) is 15.5. The fourth-order valence-electron chi connectivity index (χ4n) is 2.47. The lowest BCUT2D eigenvalue weighted by molar-refractivity contribution is -0.137. The average Bonchev–Trinajstić information content (AvgIpc) is 2.39. The monoisotopic (exact) mass is 262 g/mol. The lowest BCUT2D eigenvalue weighted by atomic mass is 9.82. The molecule has 0 saturated carbocycles. The van der Waals surface area contributed by atoms with Crippen LogP contribution in [0.3, 0.4) is 0 Å². The topological polar surface area (TPSA) is 46.3 Å². The number of benzene rings is 1. The molecule has 1 aromatic carbocycles. The summed E-state index contributed by atoms with van der Waals surface area (Å²) in [6.45, 7) is 8.18. The number of carbonyl (C=O) groups excluding carboxylic acids is 1. The fraction of sp³-hybridized carbons (Fsp3) is 0.562. The van der Waals surface area contributed by atoms with Crippen molar-refractivity contribution in [2.45, 2.75) is 52.0 Å². The first-order valence-electron chi connectivity index (χ1n) is 6.97. The van der Waals surface area contributed by atoms with Gasteiger partial charge in [-0.15, -0.1) is 0 Å². The van der Waals surface area contributed by atoms with Crippen LogP contribution in [0.5, 0.6) is 0 Å². The molecule has 0 bridgehead atoms. The molecule has 3 heteroatoms. The fourth-order valence-corrected chi connectivity index (χ4v) is 2.47. The van der Waals surface area contributed by atoms with Crippen molar-refractivity contribution < 1.29 is 4.79 Å². The summed E-state index contributed by atoms with van der Waals surface area (Å²) in [5.74, 6) is 0.158. The van der Waals surface area contributed by atoms with E-state index in [4.69, 9.17) is 5.73 Å². The molecule has 0 aliphatic carbocycles. The maximum absolute atomic E-state index is 12.7. The number of likely N-dealkylation sites (N-methyl/N-ethyl adjacent to an activating group) is 1. The van der Waals surface area contributed by atoms with Crippen molar-refractivity contribution in [2.24, 2.45) is 0 Å². The van der Waals surface area contributed by atoms with E-state index in [9.17, 15) is 4.79 Å². The molecule has 3 nitrogen and oxygen atoms in total. The standard InChI is InChI=1S/C16H26N2O/c1-6-14(7-2)18(5)15(19)16(3,4)12-8-10-13(17)11-9-12/h8-11,14H,6-7,17H2,1-5H3. The SMILES string of the molecule is CCC(CC)N(C)C(=O)C(C)(C)c1ccc(N)cc1. The van der Waals surface area contributed by atoms with E-state index in [0.717, 1.165) is 24.1 Å². The van der Waals surface area contributed by atoms with Crippen LogP contribution in [0.1, 0.15) is 46.1 Å². The number of rotatable bonds is 5. The molecule has 0 aliphatic rings. The van der Waals surface area contributed by atoms with Gasteiger partial charge in [-0.05, 0) is 44.4 Å². The number of nitrogens with two attached hydrogens (primary N) is 1. The van der Waals surface area contributed by atoms with E-state index >= 15 is 0 Å². The van der Waals surface area contributed by atoms with Gasteiger partial charge in [0.05, 0.1) is 5.41 Å². The maximum atomic E-state index is 12.7. The lowest BCUT2D eigenvalue weighted by Gasteiger charge is -2.34. The number of hydrogen-bond acceptors (Lipinski definition) is 2. The summed E-state index contributed by atoms with van der Waals surface area (Å²) in [6, 6.07) is 7.88. The van der Waals surface area contributed by atoms with Crippen molar-refractivity contribution in [3.63, 3.8) is 0 Å². The highest BCUT2D eigenvalue weighted by Gasteiger charge is 2.34. The minimum absolute atomic E-state index is 0.158. The molecule has 0 aliphatic heterocycles. The zero-order valence-electron chi connectivity index (χ0n) is 12.7. The third-order valence-corrected chi connectivity index (χ3v) is 3.98. The van der Waals surface area contributed by atoms with E-state index in [1.165, 1.54) is 0 Å². The first-order chi connectivity index (χ1) is 8.84. The normalized spacial score (nSPS) is 11.7. The summed E-state index contributed by atoms with van der Waals surface area (Å²) < 4.78 is 0. The van der Waals surface area contributed by atoms with Crippen molar-refractivity contribution in [3.8, 4) is 0 Å². The van der Waals surface area contributed by atoms with Gasteiger partial charge in [0.2, 0.25) is 5.91 Å². The van der Waals surface area contributed by atoms with Gasteiger partial charge < -0.3 is 10.6 Å². The minimum atomic E-state index is -0.523. The Morgan fingerprint density at radius 3 is 2.11 bits per heavy atom. The second-order valence-electron chi connectivity index (χ2n) is 5.63. The minimum Gasteiger partial charge on any atom is -0.399 e. The van der Waals surface area contributed by atoms with Crippen molar-refractivity contribution >= 4 is 11.6 Å².